The number of carbonyl (C=O) groups excluding carboxylic acids is 2. The molecule has 2 aromatic rings. The first kappa shape index (κ1) is 15.0. The number of fused-ring (bicyclic) bond motifs is 1. The molecule has 2 atom stereocenters. The second kappa shape index (κ2) is 6.15. The average Bonchev–Trinajstić information content (AvgIpc) is 3.30. The quantitative estimate of drug-likeness (QED) is 0.939. The molecule has 1 aromatic heterocycles. The average molecular weight is 324 g/mol. The molecule has 5 heteroatoms. The fraction of sp³-hybridized carbons (Fsp3) is 0.368. The lowest BCUT2D eigenvalue weighted by molar-refractivity contribution is -0.129. The van der Waals surface area contributed by atoms with Crippen molar-refractivity contribution < 1.29 is 14.0 Å². The Morgan fingerprint density at radius 3 is 2.96 bits per heavy atom. The van der Waals surface area contributed by atoms with Gasteiger partial charge in [0.15, 0.2) is 0 Å². The van der Waals surface area contributed by atoms with Crippen molar-refractivity contribution >= 4 is 11.8 Å². The summed E-state index contributed by atoms with van der Waals surface area (Å²) in [6, 6.07) is 12.0. The number of amides is 2. The minimum absolute atomic E-state index is 0.0124. The molecular formula is C19H20N2O3. The van der Waals surface area contributed by atoms with E-state index in [2.05, 4.69) is 17.4 Å². The maximum Gasteiger partial charge on any atom is 0.225 e. The largest absolute Gasteiger partial charge is 0.467 e. The van der Waals surface area contributed by atoms with Gasteiger partial charge in [-0.25, -0.2) is 0 Å². The summed E-state index contributed by atoms with van der Waals surface area (Å²) >= 11 is 0. The van der Waals surface area contributed by atoms with Crippen molar-refractivity contribution in [2.45, 2.75) is 31.8 Å². The topological polar surface area (TPSA) is 62.6 Å². The molecule has 5 nitrogen and oxygen atoms in total. The van der Waals surface area contributed by atoms with Crippen molar-refractivity contribution in [2.24, 2.45) is 5.92 Å². The summed E-state index contributed by atoms with van der Waals surface area (Å²) in [7, 11) is 0. The molecule has 4 rings (SSSR count). The minimum Gasteiger partial charge on any atom is -0.467 e. The van der Waals surface area contributed by atoms with Crippen LogP contribution in [-0.2, 0) is 22.6 Å². The lowest BCUT2D eigenvalue weighted by Crippen LogP contribution is -2.34. The highest BCUT2D eigenvalue weighted by molar-refractivity contribution is 5.89. The Kier molecular flexibility index (Phi) is 3.84. The number of aryl methyl sites for hydroxylation is 1. The van der Waals surface area contributed by atoms with Gasteiger partial charge in [-0.2, -0.15) is 0 Å². The van der Waals surface area contributed by atoms with Crippen LogP contribution in [-0.4, -0.2) is 23.3 Å². The molecule has 2 amide bonds. The van der Waals surface area contributed by atoms with E-state index in [9.17, 15) is 9.59 Å². The highest BCUT2D eigenvalue weighted by Gasteiger charge is 2.36. The van der Waals surface area contributed by atoms with E-state index in [1.54, 1.807) is 17.2 Å². The van der Waals surface area contributed by atoms with Gasteiger partial charge >= 0.3 is 0 Å². The van der Waals surface area contributed by atoms with Crippen LogP contribution >= 0.6 is 0 Å². The maximum atomic E-state index is 12.6. The highest BCUT2D eigenvalue weighted by Crippen LogP contribution is 2.31. The van der Waals surface area contributed by atoms with Crippen LogP contribution in [0.1, 0.15) is 35.8 Å². The molecule has 24 heavy (non-hydrogen) atoms. The summed E-state index contributed by atoms with van der Waals surface area (Å²) in [6.07, 6.45) is 3.80. The molecule has 0 spiro atoms. The fourth-order valence-electron chi connectivity index (χ4n) is 3.69. The van der Waals surface area contributed by atoms with Crippen LogP contribution in [0.2, 0.25) is 0 Å². The van der Waals surface area contributed by atoms with E-state index < -0.39 is 0 Å². The number of rotatable bonds is 4. The van der Waals surface area contributed by atoms with Crippen LogP contribution in [0, 0.1) is 5.92 Å². The molecule has 1 fully saturated rings. The standard InChI is InChI=1S/C19H20N2O3/c22-18-10-14(11-21(18)12-15-5-3-9-24-15)19(23)20-17-8-7-13-4-1-2-6-16(13)17/h1-6,9,14,17H,7-8,10-12H2,(H,20,23). The van der Waals surface area contributed by atoms with E-state index in [4.69, 9.17) is 4.42 Å². The summed E-state index contributed by atoms with van der Waals surface area (Å²) in [6.45, 7) is 0.890. The summed E-state index contributed by atoms with van der Waals surface area (Å²) in [5, 5.41) is 3.14. The number of furan rings is 1. The van der Waals surface area contributed by atoms with E-state index in [0.717, 1.165) is 18.6 Å². The first-order valence-corrected chi connectivity index (χ1v) is 8.39. The van der Waals surface area contributed by atoms with Gasteiger partial charge in [0.2, 0.25) is 11.8 Å². The van der Waals surface area contributed by atoms with Crippen LogP contribution in [0.3, 0.4) is 0 Å². The van der Waals surface area contributed by atoms with E-state index in [-0.39, 0.29) is 30.2 Å². The molecule has 2 aliphatic rings. The Morgan fingerprint density at radius 2 is 2.12 bits per heavy atom. The van der Waals surface area contributed by atoms with E-state index in [1.165, 1.54) is 11.1 Å². The second-order valence-corrected chi connectivity index (χ2v) is 6.55. The zero-order valence-electron chi connectivity index (χ0n) is 13.4. The van der Waals surface area contributed by atoms with E-state index in [0.29, 0.717) is 13.1 Å². The van der Waals surface area contributed by atoms with Crippen LogP contribution in [0.25, 0.3) is 0 Å². The SMILES string of the molecule is O=C(NC1CCc2ccccc21)C1CC(=O)N(Cc2ccco2)C1. The molecule has 1 saturated heterocycles. The van der Waals surface area contributed by atoms with Crippen molar-refractivity contribution in [3.63, 3.8) is 0 Å². The normalized spacial score (nSPS) is 22.7. The van der Waals surface area contributed by atoms with Gasteiger partial charge < -0.3 is 14.6 Å². The van der Waals surface area contributed by atoms with Crippen molar-refractivity contribution in [3.8, 4) is 0 Å². The predicted octanol–water partition coefficient (Wildman–Crippen LogP) is 2.43. The number of nitrogens with one attached hydrogen (secondary N) is 1. The summed E-state index contributed by atoms with van der Waals surface area (Å²) < 4.78 is 5.29. The lowest BCUT2D eigenvalue weighted by atomic mass is 10.1. The van der Waals surface area contributed by atoms with E-state index in [1.807, 2.05) is 18.2 Å². The Morgan fingerprint density at radius 1 is 1.25 bits per heavy atom. The van der Waals surface area contributed by atoms with Gasteiger partial charge in [0.1, 0.15) is 5.76 Å². The number of hydrogen-bond acceptors (Lipinski definition) is 3. The molecule has 0 saturated carbocycles. The molecule has 2 heterocycles. The Balaban J connectivity index is 1.38. The zero-order chi connectivity index (χ0) is 16.5. The summed E-state index contributed by atoms with van der Waals surface area (Å²) in [4.78, 5) is 26.4. The molecule has 1 aromatic carbocycles. The number of carbonyl (C=O) groups is 2. The molecule has 1 aliphatic carbocycles. The van der Waals surface area contributed by atoms with Crippen molar-refractivity contribution in [2.75, 3.05) is 6.54 Å². The number of hydrogen-bond donors (Lipinski definition) is 1. The van der Waals surface area contributed by atoms with Crippen LogP contribution in [0.15, 0.2) is 47.1 Å². The second-order valence-electron chi connectivity index (χ2n) is 6.55. The zero-order valence-corrected chi connectivity index (χ0v) is 13.4. The fourth-order valence-corrected chi connectivity index (χ4v) is 3.69. The highest BCUT2D eigenvalue weighted by atomic mass is 16.3. The summed E-state index contributed by atoms with van der Waals surface area (Å²) in [5.41, 5.74) is 2.52. The smallest absolute Gasteiger partial charge is 0.225 e. The van der Waals surface area contributed by atoms with Gasteiger partial charge in [0.05, 0.1) is 24.8 Å². The molecule has 1 aliphatic heterocycles. The molecule has 1 N–H and O–H groups in total. The molecular weight excluding hydrogens is 304 g/mol. The first-order valence-electron chi connectivity index (χ1n) is 8.39. The molecule has 2 unspecified atom stereocenters. The van der Waals surface area contributed by atoms with Crippen LogP contribution in [0.5, 0.6) is 0 Å². The Bertz CT molecular complexity index is 754. The van der Waals surface area contributed by atoms with Crippen molar-refractivity contribution in [1.82, 2.24) is 10.2 Å². The Hall–Kier alpha value is -2.56. The lowest BCUT2D eigenvalue weighted by Gasteiger charge is -2.18. The van der Waals surface area contributed by atoms with Crippen LogP contribution in [0.4, 0.5) is 0 Å². The van der Waals surface area contributed by atoms with E-state index >= 15 is 0 Å². The van der Waals surface area contributed by atoms with Gasteiger partial charge in [-0.1, -0.05) is 24.3 Å². The maximum absolute atomic E-state index is 12.6. The van der Waals surface area contributed by atoms with Gasteiger partial charge in [-0.05, 0) is 36.1 Å². The van der Waals surface area contributed by atoms with Crippen molar-refractivity contribution in [1.29, 1.82) is 0 Å². The van der Waals surface area contributed by atoms with Crippen LogP contribution < -0.4 is 5.32 Å². The number of nitrogens with zero attached hydrogens (tertiary/aromatic N) is 1. The van der Waals surface area contributed by atoms with Gasteiger partial charge in [0.25, 0.3) is 0 Å². The Labute approximate surface area is 140 Å². The predicted molar refractivity (Wildman–Crippen MR) is 87.9 cm³/mol. The van der Waals surface area contributed by atoms with Gasteiger partial charge in [-0.15, -0.1) is 0 Å². The third-order valence-corrected chi connectivity index (χ3v) is 4.96. The number of likely N-dealkylation sites (tertiary alicyclic amines) is 1. The minimum atomic E-state index is -0.278. The third kappa shape index (κ3) is 2.82. The van der Waals surface area contributed by atoms with Gasteiger partial charge in [0, 0.05) is 13.0 Å². The van der Waals surface area contributed by atoms with Crippen molar-refractivity contribution in [3.05, 3.63) is 59.5 Å². The summed E-state index contributed by atoms with van der Waals surface area (Å²) in [5.74, 6) is 0.458. The molecule has 0 bridgehead atoms. The third-order valence-electron chi connectivity index (χ3n) is 4.96. The van der Waals surface area contributed by atoms with Gasteiger partial charge in [-0.3, -0.25) is 9.59 Å². The first-order chi connectivity index (χ1) is 11.7. The number of benzene rings is 1. The molecule has 124 valence electrons. The molecule has 0 radical (unpaired) electrons. The monoisotopic (exact) mass is 324 g/mol.